The Morgan fingerprint density at radius 1 is 1.00 bits per heavy atom. The van der Waals surface area contributed by atoms with Crippen LogP contribution in [0, 0.1) is 6.92 Å². The van der Waals surface area contributed by atoms with Crippen LogP contribution in [-0.4, -0.2) is 4.57 Å². The molecule has 0 amide bonds. The third-order valence-corrected chi connectivity index (χ3v) is 5.86. The first-order valence-electron chi connectivity index (χ1n) is 10.2. The Bertz CT molecular complexity index is 1500. The van der Waals surface area contributed by atoms with Crippen molar-refractivity contribution in [2.45, 2.75) is 20.4 Å². The summed E-state index contributed by atoms with van der Waals surface area (Å²) in [7, 11) is 0. The second-order valence-electron chi connectivity index (χ2n) is 7.53. The molecule has 5 heteroatoms. The second-order valence-corrected chi connectivity index (χ2v) is 7.96. The molecule has 2 heterocycles. The Kier molecular flexibility index (Phi) is 4.79. The molecule has 1 N–H and O–H groups in total. The lowest BCUT2D eigenvalue weighted by Gasteiger charge is -2.10. The largest absolute Gasteiger partial charge is 0.439 e. The van der Waals surface area contributed by atoms with E-state index in [1.807, 2.05) is 86.6 Å². The van der Waals surface area contributed by atoms with Gasteiger partial charge in [0.2, 0.25) is 5.88 Å². The zero-order valence-electron chi connectivity index (χ0n) is 17.3. The van der Waals surface area contributed by atoms with Crippen molar-refractivity contribution in [1.82, 2.24) is 4.57 Å². The number of fused-ring (bicyclic) bond motifs is 3. The van der Waals surface area contributed by atoms with Gasteiger partial charge < -0.3 is 14.3 Å². The van der Waals surface area contributed by atoms with Crippen LogP contribution in [0.1, 0.15) is 12.5 Å². The number of aryl methyl sites for hydroxylation is 2. The van der Waals surface area contributed by atoms with Crippen LogP contribution in [0.15, 0.2) is 82.0 Å². The summed E-state index contributed by atoms with van der Waals surface area (Å²) in [5, 5.41) is 5.48. The third-order valence-electron chi connectivity index (χ3n) is 5.63. The van der Waals surface area contributed by atoms with E-state index in [0.29, 0.717) is 28.4 Å². The van der Waals surface area contributed by atoms with E-state index in [0.717, 1.165) is 33.3 Å². The normalized spacial score (nSPS) is 11.3. The molecule has 0 saturated carbocycles. The van der Waals surface area contributed by atoms with Crippen molar-refractivity contribution in [2.24, 2.45) is 0 Å². The average Bonchev–Trinajstić information content (AvgIpc) is 3.15. The van der Waals surface area contributed by atoms with Crippen LogP contribution in [0.2, 0.25) is 5.02 Å². The molecule has 0 bridgehead atoms. The summed E-state index contributed by atoms with van der Waals surface area (Å²) < 4.78 is 8.17. The number of aromatic nitrogens is 1. The molecule has 154 valence electrons. The van der Waals surface area contributed by atoms with Gasteiger partial charge in [0.05, 0.1) is 16.5 Å². The molecule has 0 aliphatic carbocycles. The van der Waals surface area contributed by atoms with E-state index in [1.54, 1.807) is 4.57 Å². The van der Waals surface area contributed by atoms with Crippen molar-refractivity contribution >= 4 is 45.0 Å². The van der Waals surface area contributed by atoms with Crippen molar-refractivity contribution < 1.29 is 4.42 Å². The van der Waals surface area contributed by atoms with Gasteiger partial charge in [0.1, 0.15) is 0 Å². The molecule has 5 rings (SSSR count). The van der Waals surface area contributed by atoms with Gasteiger partial charge in [-0.1, -0.05) is 54.1 Å². The van der Waals surface area contributed by atoms with Crippen molar-refractivity contribution in [3.05, 3.63) is 93.7 Å². The molecule has 2 aromatic heterocycles. The SMILES string of the molecule is CCn1c(=O)c2c(-c3cccc(Cl)c3)c(Nc3ccccc3C)oc2c2ccccc21. The Morgan fingerprint density at radius 2 is 1.77 bits per heavy atom. The van der Waals surface area contributed by atoms with Gasteiger partial charge in [0.15, 0.2) is 5.58 Å². The Balaban J connectivity index is 1.91. The number of nitrogens with zero attached hydrogens (tertiary/aromatic N) is 1. The highest BCUT2D eigenvalue weighted by atomic mass is 35.5. The van der Waals surface area contributed by atoms with Gasteiger partial charge in [0, 0.05) is 22.6 Å². The molecule has 0 atom stereocenters. The predicted octanol–water partition coefficient (Wildman–Crippen LogP) is 7.14. The number of pyridine rings is 1. The number of anilines is 2. The lowest BCUT2D eigenvalue weighted by Crippen LogP contribution is -2.19. The molecule has 4 nitrogen and oxygen atoms in total. The number of nitrogens with one attached hydrogen (secondary N) is 1. The summed E-state index contributed by atoms with van der Waals surface area (Å²) >= 11 is 6.31. The van der Waals surface area contributed by atoms with E-state index >= 15 is 0 Å². The number of rotatable bonds is 4. The van der Waals surface area contributed by atoms with Crippen molar-refractivity contribution in [3.8, 4) is 11.1 Å². The van der Waals surface area contributed by atoms with E-state index in [-0.39, 0.29) is 5.56 Å². The number of benzene rings is 3. The molecule has 0 spiro atoms. The molecule has 3 aromatic carbocycles. The summed E-state index contributed by atoms with van der Waals surface area (Å²) in [5.74, 6) is 0.530. The molecule has 0 aliphatic rings. The van der Waals surface area contributed by atoms with Crippen LogP contribution >= 0.6 is 11.6 Å². The van der Waals surface area contributed by atoms with Crippen molar-refractivity contribution in [3.63, 3.8) is 0 Å². The minimum atomic E-state index is -0.0761. The lowest BCUT2D eigenvalue weighted by molar-refractivity contribution is 0.637. The molecule has 5 aromatic rings. The average molecular weight is 429 g/mol. The van der Waals surface area contributed by atoms with Crippen molar-refractivity contribution in [1.29, 1.82) is 0 Å². The van der Waals surface area contributed by atoms with Gasteiger partial charge in [0.25, 0.3) is 5.56 Å². The van der Waals surface area contributed by atoms with Gasteiger partial charge >= 0.3 is 0 Å². The van der Waals surface area contributed by atoms with E-state index < -0.39 is 0 Å². The molecule has 0 saturated heterocycles. The summed E-state index contributed by atoms with van der Waals surface area (Å²) in [6, 6.07) is 23.3. The zero-order valence-corrected chi connectivity index (χ0v) is 18.0. The molecule has 0 radical (unpaired) electrons. The van der Waals surface area contributed by atoms with Gasteiger partial charge in [-0.15, -0.1) is 0 Å². The molecule has 0 unspecified atom stereocenters. The Morgan fingerprint density at radius 3 is 2.55 bits per heavy atom. The van der Waals surface area contributed by atoms with E-state index in [1.165, 1.54) is 0 Å². The number of para-hydroxylation sites is 2. The maximum atomic E-state index is 13.6. The van der Waals surface area contributed by atoms with Crippen LogP contribution in [0.4, 0.5) is 11.6 Å². The van der Waals surface area contributed by atoms with Crippen LogP contribution in [0.25, 0.3) is 33.0 Å². The second kappa shape index (κ2) is 7.64. The Hall–Kier alpha value is -3.50. The lowest BCUT2D eigenvalue weighted by atomic mass is 10.0. The topological polar surface area (TPSA) is 47.2 Å². The van der Waals surface area contributed by atoms with Crippen LogP contribution in [0.5, 0.6) is 0 Å². The first-order chi connectivity index (χ1) is 15.1. The predicted molar refractivity (Wildman–Crippen MR) is 129 cm³/mol. The molecular formula is C26H21ClN2O2. The fourth-order valence-electron chi connectivity index (χ4n) is 4.13. The third kappa shape index (κ3) is 3.20. The van der Waals surface area contributed by atoms with Gasteiger partial charge in [-0.25, -0.2) is 0 Å². The fourth-order valence-corrected chi connectivity index (χ4v) is 4.32. The van der Waals surface area contributed by atoms with Crippen LogP contribution in [0.3, 0.4) is 0 Å². The first-order valence-corrected chi connectivity index (χ1v) is 10.6. The summed E-state index contributed by atoms with van der Waals surface area (Å²) in [6.45, 7) is 4.57. The van der Waals surface area contributed by atoms with Crippen LogP contribution < -0.4 is 10.9 Å². The van der Waals surface area contributed by atoms with E-state index in [4.69, 9.17) is 16.0 Å². The minimum absolute atomic E-state index is 0.0761. The standard InChI is InChI=1S/C26H21ClN2O2/c1-3-29-21-14-7-5-12-19(21)24-23(26(29)30)22(17-10-8-11-18(27)15-17)25(31-24)28-20-13-6-4-9-16(20)2/h4-15,28H,3H2,1-2H3. The Labute approximate surface area is 184 Å². The monoisotopic (exact) mass is 428 g/mol. The number of halogens is 1. The highest BCUT2D eigenvalue weighted by molar-refractivity contribution is 6.31. The number of hydrogen-bond acceptors (Lipinski definition) is 3. The first kappa shape index (κ1) is 19.5. The van der Waals surface area contributed by atoms with Crippen molar-refractivity contribution in [2.75, 3.05) is 5.32 Å². The smallest absolute Gasteiger partial charge is 0.262 e. The van der Waals surface area contributed by atoms with Gasteiger partial charge in [-0.2, -0.15) is 0 Å². The summed E-state index contributed by atoms with van der Waals surface area (Å²) in [6.07, 6.45) is 0. The summed E-state index contributed by atoms with van der Waals surface area (Å²) in [5.41, 5.74) is 4.91. The van der Waals surface area contributed by atoms with Crippen LogP contribution in [-0.2, 0) is 6.54 Å². The molecule has 0 fully saturated rings. The molecular weight excluding hydrogens is 408 g/mol. The minimum Gasteiger partial charge on any atom is -0.439 e. The van der Waals surface area contributed by atoms with E-state index in [9.17, 15) is 4.79 Å². The fraction of sp³-hybridized carbons (Fsp3) is 0.115. The number of furan rings is 1. The van der Waals surface area contributed by atoms with E-state index in [2.05, 4.69) is 5.32 Å². The zero-order chi connectivity index (χ0) is 21.5. The highest BCUT2D eigenvalue weighted by Crippen LogP contribution is 2.41. The highest BCUT2D eigenvalue weighted by Gasteiger charge is 2.23. The molecule has 31 heavy (non-hydrogen) atoms. The quantitative estimate of drug-likeness (QED) is 0.331. The number of hydrogen-bond donors (Lipinski definition) is 1. The maximum absolute atomic E-state index is 13.6. The van der Waals surface area contributed by atoms with Gasteiger partial charge in [-0.05, 0) is 55.3 Å². The maximum Gasteiger partial charge on any atom is 0.262 e. The van der Waals surface area contributed by atoms with Gasteiger partial charge in [-0.3, -0.25) is 4.79 Å². The summed E-state index contributed by atoms with van der Waals surface area (Å²) in [4.78, 5) is 13.6. The molecule has 0 aliphatic heterocycles.